The molecule has 0 saturated carbocycles. The number of hydrogen-bond donors (Lipinski definition) is 0. The van der Waals surface area contributed by atoms with Gasteiger partial charge < -0.3 is 0 Å². The summed E-state index contributed by atoms with van der Waals surface area (Å²) in [4.78, 5) is 0. The third kappa shape index (κ3) is 11.9. The first-order valence-corrected chi connectivity index (χ1v) is 5.59. The highest BCUT2D eigenvalue weighted by atomic mass is 19.1. The van der Waals surface area contributed by atoms with E-state index in [-0.39, 0.29) is 0 Å². The molecule has 0 saturated heterocycles. The lowest BCUT2D eigenvalue weighted by Crippen LogP contribution is -2.12. The first kappa shape index (κ1) is 13.9. The number of unbranched alkanes of at least 4 members (excludes halogenated alkanes) is 3. The van der Waals surface area contributed by atoms with Crippen LogP contribution in [0.3, 0.4) is 0 Å². The Kier molecular flexibility index (Phi) is 5.61. The largest absolute Gasteiger partial charge is 0.245 e. The summed E-state index contributed by atoms with van der Waals surface area (Å²) in [7, 11) is 0. The first-order valence-electron chi connectivity index (χ1n) is 5.59. The molecule has 0 N–H and O–H groups in total. The quantitative estimate of drug-likeness (QED) is 0.524. The Morgan fingerprint density at radius 1 is 0.643 bits per heavy atom. The fourth-order valence-electron chi connectivity index (χ4n) is 1.44. The summed E-state index contributed by atoms with van der Waals surface area (Å²) >= 11 is 0. The molecule has 14 heavy (non-hydrogen) atoms. The molecule has 0 bridgehead atoms. The molecular formula is C12H24F2. The van der Waals surface area contributed by atoms with Gasteiger partial charge in [-0.25, -0.2) is 8.78 Å². The van der Waals surface area contributed by atoms with Crippen LogP contribution in [0.4, 0.5) is 8.78 Å². The number of alkyl halides is 2. The molecule has 0 amide bonds. The lowest BCUT2D eigenvalue weighted by molar-refractivity contribution is 0.187. The lowest BCUT2D eigenvalue weighted by Gasteiger charge is -2.15. The highest BCUT2D eigenvalue weighted by Gasteiger charge is 2.15. The van der Waals surface area contributed by atoms with E-state index in [4.69, 9.17) is 0 Å². The van der Waals surface area contributed by atoms with Crippen LogP contribution in [0.1, 0.15) is 66.2 Å². The second-order valence-corrected chi connectivity index (χ2v) is 5.35. The van der Waals surface area contributed by atoms with Crippen LogP contribution in [0.25, 0.3) is 0 Å². The van der Waals surface area contributed by atoms with Gasteiger partial charge in [-0.05, 0) is 40.5 Å². The monoisotopic (exact) mass is 206 g/mol. The zero-order chi connectivity index (χ0) is 11.2. The maximum atomic E-state index is 13.0. The molecule has 0 aromatic carbocycles. The number of rotatable bonds is 7. The smallest absolute Gasteiger partial charge is 0.105 e. The zero-order valence-corrected chi connectivity index (χ0v) is 10.00. The molecule has 0 nitrogen and oxygen atoms in total. The third-order valence-corrected chi connectivity index (χ3v) is 2.29. The van der Waals surface area contributed by atoms with Crippen molar-refractivity contribution < 1.29 is 8.78 Å². The summed E-state index contributed by atoms with van der Waals surface area (Å²) < 4.78 is 26.1. The van der Waals surface area contributed by atoms with Gasteiger partial charge >= 0.3 is 0 Å². The van der Waals surface area contributed by atoms with E-state index in [1.807, 2.05) is 0 Å². The molecule has 0 aromatic heterocycles. The van der Waals surface area contributed by atoms with Gasteiger partial charge in [-0.2, -0.15) is 0 Å². The number of hydrogen-bond acceptors (Lipinski definition) is 0. The minimum absolute atomic E-state index is 0.617. The van der Waals surface area contributed by atoms with Crippen LogP contribution in [0, 0.1) is 0 Å². The predicted octanol–water partition coefficient (Wildman–Crippen LogP) is 4.82. The van der Waals surface area contributed by atoms with Crippen LogP contribution in [-0.2, 0) is 0 Å². The zero-order valence-electron chi connectivity index (χ0n) is 10.00. The molecule has 0 unspecified atom stereocenters. The van der Waals surface area contributed by atoms with Gasteiger partial charge in [0.2, 0.25) is 0 Å². The van der Waals surface area contributed by atoms with Gasteiger partial charge in [-0.3, -0.25) is 0 Å². The van der Waals surface area contributed by atoms with Crippen LogP contribution >= 0.6 is 0 Å². The maximum absolute atomic E-state index is 13.0. The first-order chi connectivity index (χ1) is 6.21. The fourth-order valence-corrected chi connectivity index (χ4v) is 1.44. The van der Waals surface area contributed by atoms with Crippen molar-refractivity contribution in [3.05, 3.63) is 0 Å². The predicted molar refractivity (Wildman–Crippen MR) is 58.1 cm³/mol. The molecule has 0 aliphatic rings. The van der Waals surface area contributed by atoms with Gasteiger partial charge in [-0.15, -0.1) is 0 Å². The summed E-state index contributed by atoms with van der Waals surface area (Å²) in [5.74, 6) is 0. The van der Waals surface area contributed by atoms with Crippen molar-refractivity contribution in [2.75, 3.05) is 0 Å². The van der Waals surface area contributed by atoms with Crippen LogP contribution < -0.4 is 0 Å². The van der Waals surface area contributed by atoms with Gasteiger partial charge in [0, 0.05) is 0 Å². The van der Waals surface area contributed by atoms with E-state index >= 15 is 0 Å². The van der Waals surface area contributed by atoms with E-state index in [0.29, 0.717) is 12.8 Å². The molecule has 0 aliphatic heterocycles. The average Bonchev–Trinajstić information content (AvgIpc) is 1.92. The molecule has 0 radical (unpaired) electrons. The Balaban J connectivity index is 3.23. The minimum atomic E-state index is -1.04. The van der Waals surface area contributed by atoms with Crippen molar-refractivity contribution in [1.29, 1.82) is 0 Å². The molecule has 0 fully saturated rings. The van der Waals surface area contributed by atoms with Crippen molar-refractivity contribution in [1.82, 2.24) is 0 Å². The molecule has 0 aliphatic carbocycles. The summed E-state index contributed by atoms with van der Waals surface area (Å²) in [6, 6.07) is 0. The van der Waals surface area contributed by atoms with Gasteiger partial charge in [-0.1, -0.05) is 25.7 Å². The third-order valence-electron chi connectivity index (χ3n) is 2.29. The summed E-state index contributed by atoms with van der Waals surface area (Å²) in [6.07, 6.45) is 5.09. The van der Waals surface area contributed by atoms with Crippen molar-refractivity contribution in [2.24, 2.45) is 0 Å². The fraction of sp³-hybridized carbons (Fsp3) is 1.00. The van der Waals surface area contributed by atoms with E-state index < -0.39 is 11.3 Å². The lowest BCUT2D eigenvalue weighted by atomic mass is 9.99. The molecule has 2 heteroatoms. The van der Waals surface area contributed by atoms with E-state index in [2.05, 4.69) is 0 Å². The maximum Gasteiger partial charge on any atom is 0.105 e. The van der Waals surface area contributed by atoms with Crippen molar-refractivity contribution >= 4 is 0 Å². The van der Waals surface area contributed by atoms with Crippen molar-refractivity contribution in [3.63, 3.8) is 0 Å². The van der Waals surface area contributed by atoms with E-state index in [9.17, 15) is 8.78 Å². The van der Waals surface area contributed by atoms with Gasteiger partial charge in [0.15, 0.2) is 0 Å². The van der Waals surface area contributed by atoms with Crippen molar-refractivity contribution in [2.45, 2.75) is 77.6 Å². The highest BCUT2D eigenvalue weighted by molar-refractivity contribution is 4.67. The molecule has 86 valence electrons. The van der Waals surface area contributed by atoms with Crippen LogP contribution in [0.2, 0.25) is 0 Å². The normalized spacial score (nSPS) is 13.3. The Hall–Kier alpha value is -0.140. The molecule has 0 atom stereocenters. The van der Waals surface area contributed by atoms with Gasteiger partial charge in [0.1, 0.15) is 11.3 Å². The van der Waals surface area contributed by atoms with E-state index in [1.165, 1.54) is 0 Å². The van der Waals surface area contributed by atoms with E-state index in [1.54, 1.807) is 27.7 Å². The summed E-state index contributed by atoms with van der Waals surface area (Å²) in [6.45, 7) is 6.44. The molecule has 0 spiro atoms. The van der Waals surface area contributed by atoms with Crippen molar-refractivity contribution in [3.8, 4) is 0 Å². The molecule has 0 heterocycles. The summed E-state index contributed by atoms with van der Waals surface area (Å²) in [5.41, 5.74) is -2.08. The van der Waals surface area contributed by atoms with Crippen LogP contribution in [0.5, 0.6) is 0 Å². The Morgan fingerprint density at radius 3 is 1.14 bits per heavy atom. The second kappa shape index (κ2) is 5.67. The Bertz CT molecular complexity index is 121. The highest BCUT2D eigenvalue weighted by Crippen LogP contribution is 2.21. The topological polar surface area (TPSA) is 0 Å². The Labute approximate surface area is 87.1 Å². The standard InChI is InChI=1S/C12H24F2/c1-11(2,13)9-7-5-6-8-10-12(3,4)14/h5-10H2,1-4H3. The molecule has 0 aromatic rings. The average molecular weight is 206 g/mol. The summed E-state index contributed by atoms with van der Waals surface area (Å²) in [5, 5.41) is 0. The number of halogens is 2. The molecule has 0 rings (SSSR count). The van der Waals surface area contributed by atoms with Crippen LogP contribution in [-0.4, -0.2) is 11.3 Å². The minimum Gasteiger partial charge on any atom is -0.245 e. The Morgan fingerprint density at radius 2 is 0.929 bits per heavy atom. The second-order valence-electron chi connectivity index (χ2n) is 5.35. The van der Waals surface area contributed by atoms with Gasteiger partial charge in [0.25, 0.3) is 0 Å². The molecular weight excluding hydrogens is 182 g/mol. The van der Waals surface area contributed by atoms with Crippen LogP contribution in [0.15, 0.2) is 0 Å². The van der Waals surface area contributed by atoms with Gasteiger partial charge in [0.05, 0.1) is 0 Å². The van der Waals surface area contributed by atoms with E-state index in [0.717, 1.165) is 25.7 Å². The SMILES string of the molecule is CC(C)(F)CCCCCCC(C)(C)F.